The summed E-state index contributed by atoms with van der Waals surface area (Å²) in [4.78, 5) is 16.2. The van der Waals surface area contributed by atoms with Crippen LogP contribution >= 0.6 is 0 Å². The van der Waals surface area contributed by atoms with E-state index >= 15 is 0 Å². The average Bonchev–Trinajstić information content (AvgIpc) is 3.00. The molecule has 2 aromatic heterocycles. The molecule has 0 aromatic carbocycles. The molecule has 102 valence electrons. The first-order valence-electron chi connectivity index (χ1n) is 6.15. The molecule has 0 aliphatic heterocycles. The van der Waals surface area contributed by atoms with Gasteiger partial charge in [-0.2, -0.15) is 0 Å². The minimum Gasteiger partial charge on any atom is -0.467 e. The molecule has 2 aromatic rings. The molecule has 2 heterocycles. The third-order valence-electron chi connectivity index (χ3n) is 2.72. The molecule has 1 amide bonds. The molecule has 1 atom stereocenters. The predicted octanol–water partition coefficient (Wildman–Crippen LogP) is 2.19. The average molecular weight is 262 g/mol. The van der Waals surface area contributed by atoms with Crippen molar-refractivity contribution in [2.75, 3.05) is 0 Å². The zero-order chi connectivity index (χ0) is 14.0. The number of aromatic amines is 1. The normalized spacial score (nSPS) is 13.3. The molecule has 0 fully saturated rings. The van der Waals surface area contributed by atoms with Gasteiger partial charge in [-0.05, 0) is 19.1 Å². The van der Waals surface area contributed by atoms with E-state index in [1.807, 2.05) is 33.8 Å². The fraction of sp³-hybridized carbons (Fsp3) is 0.462. The minimum atomic E-state index is -0.323. The largest absolute Gasteiger partial charge is 0.467 e. The number of nitrogens with one attached hydrogen (secondary N) is 2. The van der Waals surface area contributed by atoms with Gasteiger partial charge in [0.05, 0.1) is 12.3 Å². The van der Waals surface area contributed by atoms with Gasteiger partial charge in [0.15, 0.2) is 0 Å². The lowest BCUT2D eigenvalue weighted by Crippen LogP contribution is -2.27. The molecule has 0 radical (unpaired) electrons. The van der Waals surface area contributed by atoms with Crippen LogP contribution in [0.3, 0.4) is 0 Å². The lowest BCUT2D eigenvalue weighted by molar-refractivity contribution is 0.0925. The molecule has 0 saturated carbocycles. The van der Waals surface area contributed by atoms with Gasteiger partial charge in [0.1, 0.15) is 11.6 Å². The number of amides is 1. The highest BCUT2D eigenvalue weighted by Crippen LogP contribution is 2.18. The Morgan fingerprint density at radius 3 is 2.74 bits per heavy atom. The Bertz CT molecular complexity index is 551. The molecule has 0 spiro atoms. The first-order valence-corrected chi connectivity index (χ1v) is 6.15. The summed E-state index contributed by atoms with van der Waals surface area (Å²) in [6.45, 7) is 7.84. The van der Waals surface area contributed by atoms with Crippen molar-refractivity contribution in [1.29, 1.82) is 0 Å². The Kier molecular flexibility index (Phi) is 3.42. The van der Waals surface area contributed by atoms with E-state index in [-0.39, 0.29) is 23.2 Å². The summed E-state index contributed by atoms with van der Waals surface area (Å²) in [7, 11) is 0. The van der Waals surface area contributed by atoms with Crippen molar-refractivity contribution < 1.29 is 9.21 Å². The molecule has 0 bridgehead atoms. The second kappa shape index (κ2) is 4.87. The summed E-state index contributed by atoms with van der Waals surface area (Å²) in [5.74, 6) is 1.20. The molecule has 6 nitrogen and oxygen atoms in total. The van der Waals surface area contributed by atoms with E-state index in [2.05, 4.69) is 20.5 Å². The molecule has 0 saturated heterocycles. The van der Waals surface area contributed by atoms with Crippen LogP contribution in [-0.4, -0.2) is 21.1 Å². The second-order valence-electron chi connectivity index (χ2n) is 5.47. The molecule has 0 aliphatic rings. The van der Waals surface area contributed by atoms with Crippen LogP contribution < -0.4 is 5.32 Å². The van der Waals surface area contributed by atoms with E-state index in [0.29, 0.717) is 11.6 Å². The zero-order valence-electron chi connectivity index (χ0n) is 11.5. The number of carbonyl (C=O) groups excluding carboxylic acids is 1. The van der Waals surface area contributed by atoms with Crippen molar-refractivity contribution in [2.45, 2.75) is 39.2 Å². The van der Waals surface area contributed by atoms with Gasteiger partial charge in [-0.25, -0.2) is 4.98 Å². The lowest BCUT2D eigenvalue weighted by Gasteiger charge is -2.13. The number of H-pyrrole nitrogens is 1. The number of furan rings is 1. The maximum absolute atomic E-state index is 12.0. The number of carbonyl (C=O) groups is 1. The molecular weight excluding hydrogens is 244 g/mol. The molecular formula is C13H18N4O2. The third-order valence-corrected chi connectivity index (χ3v) is 2.72. The number of hydrogen-bond donors (Lipinski definition) is 2. The van der Waals surface area contributed by atoms with Crippen LogP contribution in [0.15, 0.2) is 22.8 Å². The van der Waals surface area contributed by atoms with Gasteiger partial charge >= 0.3 is 0 Å². The van der Waals surface area contributed by atoms with E-state index < -0.39 is 0 Å². The molecule has 0 aliphatic carbocycles. The van der Waals surface area contributed by atoms with Gasteiger partial charge in [0, 0.05) is 5.41 Å². The van der Waals surface area contributed by atoms with Crippen molar-refractivity contribution >= 4 is 5.91 Å². The van der Waals surface area contributed by atoms with Gasteiger partial charge in [0.25, 0.3) is 5.91 Å². The molecule has 2 rings (SSSR count). The highest BCUT2D eigenvalue weighted by molar-refractivity contribution is 5.90. The van der Waals surface area contributed by atoms with Crippen LogP contribution in [0.25, 0.3) is 0 Å². The van der Waals surface area contributed by atoms with E-state index in [0.717, 1.165) is 0 Å². The Morgan fingerprint density at radius 2 is 2.21 bits per heavy atom. The number of aromatic nitrogens is 3. The Morgan fingerprint density at radius 1 is 1.47 bits per heavy atom. The quantitative estimate of drug-likeness (QED) is 0.888. The molecule has 6 heteroatoms. The summed E-state index contributed by atoms with van der Waals surface area (Å²) in [5, 5.41) is 9.51. The van der Waals surface area contributed by atoms with Crippen LogP contribution in [0.4, 0.5) is 0 Å². The van der Waals surface area contributed by atoms with E-state index in [4.69, 9.17) is 4.42 Å². The van der Waals surface area contributed by atoms with Gasteiger partial charge < -0.3 is 9.73 Å². The maximum Gasteiger partial charge on any atom is 0.291 e. The fourth-order valence-electron chi connectivity index (χ4n) is 1.57. The topological polar surface area (TPSA) is 83.8 Å². The van der Waals surface area contributed by atoms with Gasteiger partial charge in [-0.1, -0.05) is 20.8 Å². The van der Waals surface area contributed by atoms with Crippen LogP contribution in [0.2, 0.25) is 0 Å². The van der Waals surface area contributed by atoms with Crippen LogP contribution in [0.5, 0.6) is 0 Å². The second-order valence-corrected chi connectivity index (χ2v) is 5.47. The molecule has 1 unspecified atom stereocenters. The smallest absolute Gasteiger partial charge is 0.291 e. The van der Waals surface area contributed by atoms with Crippen molar-refractivity contribution in [3.05, 3.63) is 35.8 Å². The zero-order valence-corrected chi connectivity index (χ0v) is 11.5. The van der Waals surface area contributed by atoms with Crippen LogP contribution in [0.1, 0.15) is 55.9 Å². The van der Waals surface area contributed by atoms with Crippen molar-refractivity contribution in [3.63, 3.8) is 0 Å². The summed E-state index contributed by atoms with van der Waals surface area (Å²) in [6, 6.07) is 3.37. The minimum absolute atomic E-state index is 0.142. The summed E-state index contributed by atoms with van der Waals surface area (Å²) < 4.78 is 5.23. The van der Waals surface area contributed by atoms with E-state index in [1.165, 1.54) is 0 Å². The number of hydrogen-bond acceptors (Lipinski definition) is 4. The standard InChI is InChI=1S/C13H18N4O2/c1-8(9-6-5-7-19-9)14-11(18)10-15-12(17-16-10)13(2,3)4/h5-8H,1-4H3,(H,14,18)(H,15,16,17). The summed E-state index contributed by atoms with van der Waals surface area (Å²) >= 11 is 0. The van der Waals surface area contributed by atoms with Crippen molar-refractivity contribution in [3.8, 4) is 0 Å². The molecule has 2 N–H and O–H groups in total. The predicted molar refractivity (Wildman–Crippen MR) is 69.7 cm³/mol. The summed E-state index contributed by atoms with van der Waals surface area (Å²) in [6.07, 6.45) is 1.57. The fourth-order valence-corrected chi connectivity index (χ4v) is 1.57. The van der Waals surface area contributed by atoms with Gasteiger partial charge in [-0.3, -0.25) is 9.89 Å². The Labute approximate surface area is 111 Å². The first-order chi connectivity index (χ1) is 8.88. The van der Waals surface area contributed by atoms with Gasteiger partial charge in [0.2, 0.25) is 5.82 Å². The lowest BCUT2D eigenvalue weighted by atomic mass is 9.96. The van der Waals surface area contributed by atoms with Crippen molar-refractivity contribution in [2.24, 2.45) is 0 Å². The highest BCUT2D eigenvalue weighted by atomic mass is 16.3. The van der Waals surface area contributed by atoms with Crippen LogP contribution in [-0.2, 0) is 5.41 Å². The highest BCUT2D eigenvalue weighted by Gasteiger charge is 2.22. The van der Waals surface area contributed by atoms with E-state index in [9.17, 15) is 4.79 Å². The number of rotatable bonds is 3. The van der Waals surface area contributed by atoms with Crippen LogP contribution in [0, 0.1) is 0 Å². The summed E-state index contributed by atoms with van der Waals surface area (Å²) in [5.41, 5.74) is -0.168. The Balaban J connectivity index is 2.06. The first kappa shape index (κ1) is 13.3. The van der Waals surface area contributed by atoms with E-state index in [1.54, 1.807) is 12.3 Å². The van der Waals surface area contributed by atoms with Crippen molar-refractivity contribution in [1.82, 2.24) is 20.5 Å². The van der Waals surface area contributed by atoms with Gasteiger partial charge in [-0.15, -0.1) is 5.10 Å². The molecule has 19 heavy (non-hydrogen) atoms. The third kappa shape index (κ3) is 3.01. The Hall–Kier alpha value is -2.11. The number of nitrogens with zero attached hydrogens (tertiary/aromatic N) is 2. The maximum atomic E-state index is 12.0. The SMILES string of the molecule is CC(NC(=O)c1n[nH]c(C(C)(C)C)n1)c1ccco1. The monoisotopic (exact) mass is 262 g/mol.